The zero-order valence-electron chi connectivity index (χ0n) is 13.6. The normalized spacial score (nSPS) is 21.1. The number of hydrogen-bond acceptors (Lipinski definition) is 4. The molecule has 5 nitrogen and oxygen atoms in total. The first-order chi connectivity index (χ1) is 10.6. The van der Waals surface area contributed by atoms with Gasteiger partial charge in [-0.1, -0.05) is 0 Å². The van der Waals surface area contributed by atoms with Crippen molar-refractivity contribution in [2.24, 2.45) is 0 Å². The molecule has 0 aliphatic carbocycles. The average molecular weight is 301 g/mol. The van der Waals surface area contributed by atoms with Crippen molar-refractivity contribution in [3.05, 3.63) is 29.1 Å². The number of fused-ring (bicyclic) bond motifs is 1. The van der Waals surface area contributed by atoms with E-state index in [1.165, 1.54) is 16.6 Å². The maximum atomic E-state index is 5.83. The van der Waals surface area contributed by atoms with Gasteiger partial charge in [0.05, 0.1) is 13.2 Å². The van der Waals surface area contributed by atoms with Gasteiger partial charge in [-0.15, -0.1) is 0 Å². The molecule has 4 rings (SSSR count). The molecular formula is C17H23N3O2. The second-order valence-corrected chi connectivity index (χ2v) is 6.41. The molecule has 2 aromatic heterocycles. The van der Waals surface area contributed by atoms with Crippen LogP contribution in [-0.2, 0) is 9.47 Å². The summed E-state index contributed by atoms with van der Waals surface area (Å²) < 4.78 is 14.0. The Kier molecular flexibility index (Phi) is 3.16. The molecule has 0 radical (unpaired) electrons. The van der Waals surface area contributed by atoms with Crippen LogP contribution in [0.3, 0.4) is 0 Å². The molecule has 1 spiro atoms. The van der Waals surface area contributed by atoms with Crippen LogP contribution in [0.25, 0.3) is 11.0 Å². The summed E-state index contributed by atoms with van der Waals surface area (Å²) in [4.78, 5) is 4.78. The topological polar surface area (TPSA) is 39.5 Å². The van der Waals surface area contributed by atoms with Crippen molar-refractivity contribution < 1.29 is 9.47 Å². The van der Waals surface area contributed by atoms with E-state index in [2.05, 4.69) is 35.7 Å². The highest BCUT2D eigenvalue weighted by Crippen LogP contribution is 2.32. The van der Waals surface area contributed by atoms with Crippen LogP contribution in [0, 0.1) is 20.8 Å². The van der Waals surface area contributed by atoms with E-state index in [4.69, 9.17) is 14.5 Å². The van der Waals surface area contributed by atoms with Crippen LogP contribution in [0.4, 0.5) is 0 Å². The van der Waals surface area contributed by atoms with Gasteiger partial charge in [-0.05, 0) is 38.5 Å². The number of nitrogens with zero attached hydrogens (tertiary/aromatic N) is 3. The van der Waals surface area contributed by atoms with E-state index in [0.29, 0.717) is 0 Å². The molecule has 5 heteroatoms. The standard InChI is InChI=1S/C17H23N3O2/c1-12-4-5-15-13(2)14(3)20(16(15)18-12)19-8-6-17(7-9-19)21-10-11-22-17/h4-5H,6-11H2,1-3H3. The predicted molar refractivity (Wildman–Crippen MR) is 85.8 cm³/mol. The quantitative estimate of drug-likeness (QED) is 0.811. The lowest BCUT2D eigenvalue weighted by Crippen LogP contribution is -2.49. The van der Waals surface area contributed by atoms with Crippen molar-refractivity contribution in [1.82, 2.24) is 9.66 Å². The van der Waals surface area contributed by atoms with Gasteiger partial charge in [0, 0.05) is 42.7 Å². The Morgan fingerprint density at radius 3 is 2.41 bits per heavy atom. The molecule has 118 valence electrons. The molecule has 4 heterocycles. The summed E-state index contributed by atoms with van der Waals surface area (Å²) in [5, 5.41) is 3.63. The molecule has 0 amide bonds. The highest BCUT2D eigenvalue weighted by Gasteiger charge is 2.40. The van der Waals surface area contributed by atoms with E-state index in [-0.39, 0.29) is 5.79 Å². The summed E-state index contributed by atoms with van der Waals surface area (Å²) >= 11 is 0. The van der Waals surface area contributed by atoms with Gasteiger partial charge in [0.25, 0.3) is 0 Å². The summed E-state index contributed by atoms with van der Waals surface area (Å²) in [6, 6.07) is 4.27. The van der Waals surface area contributed by atoms with Gasteiger partial charge in [-0.25, -0.2) is 9.66 Å². The number of rotatable bonds is 1. The van der Waals surface area contributed by atoms with Crippen molar-refractivity contribution >= 4 is 11.0 Å². The largest absolute Gasteiger partial charge is 0.347 e. The minimum Gasteiger partial charge on any atom is -0.347 e. The first-order valence-corrected chi connectivity index (χ1v) is 8.08. The highest BCUT2D eigenvalue weighted by molar-refractivity contribution is 5.82. The number of pyridine rings is 1. The van der Waals surface area contributed by atoms with Crippen LogP contribution in [-0.4, -0.2) is 41.8 Å². The van der Waals surface area contributed by atoms with Gasteiger partial charge in [0.2, 0.25) is 0 Å². The molecule has 2 saturated heterocycles. The van der Waals surface area contributed by atoms with Gasteiger partial charge in [0.15, 0.2) is 11.4 Å². The van der Waals surface area contributed by atoms with Crippen LogP contribution in [0.5, 0.6) is 0 Å². The van der Waals surface area contributed by atoms with Gasteiger partial charge >= 0.3 is 0 Å². The first kappa shape index (κ1) is 14.0. The monoisotopic (exact) mass is 301 g/mol. The van der Waals surface area contributed by atoms with Crippen molar-refractivity contribution in [2.75, 3.05) is 31.3 Å². The number of aromatic nitrogens is 2. The molecule has 2 aliphatic heterocycles. The molecule has 2 aliphatic rings. The lowest BCUT2D eigenvalue weighted by atomic mass is 10.1. The maximum absolute atomic E-state index is 5.83. The zero-order chi connectivity index (χ0) is 15.3. The Bertz CT molecular complexity index is 706. The van der Waals surface area contributed by atoms with Crippen molar-refractivity contribution in [2.45, 2.75) is 39.4 Å². The summed E-state index contributed by atoms with van der Waals surface area (Å²) in [7, 11) is 0. The second-order valence-electron chi connectivity index (χ2n) is 6.41. The van der Waals surface area contributed by atoms with Crippen molar-refractivity contribution in [3.63, 3.8) is 0 Å². The van der Waals surface area contributed by atoms with Gasteiger partial charge in [0.1, 0.15) is 0 Å². The fourth-order valence-corrected chi connectivity index (χ4v) is 3.68. The first-order valence-electron chi connectivity index (χ1n) is 8.08. The Hall–Kier alpha value is -1.59. The lowest BCUT2D eigenvalue weighted by Gasteiger charge is -2.39. The second kappa shape index (κ2) is 4.96. The maximum Gasteiger partial charge on any atom is 0.172 e. The SMILES string of the molecule is Cc1ccc2c(C)c(C)n(N3CCC4(CC3)OCCO4)c2n1. The average Bonchev–Trinajstić information content (AvgIpc) is 3.06. The number of hydrogen-bond donors (Lipinski definition) is 0. The van der Waals surface area contributed by atoms with E-state index < -0.39 is 0 Å². The molecule has 0 N–H and O–H groups in total. The smallest absolute Gasteiger partial charge is 0.172 e. The van der Waals surface area contributed by atoms with Gasteiger partial charge in [-0.3, -0.25) is 0 Å². The fourth-order valence-electron chi connectivity index (χ4n) is 3.68. The molecule has 2 aromatic rings. The predicted octanol–water partition coefficient (Wildman–Crippen LogP) is 2.44. The molecule has 22 heavy (non-hydrogen) atoms. The fraction of sp³-hybridized carbons (Fsp3) is 0.588. The third kappa shape index (κ3) is 2.03. The number of ether oxygens (including phenoxy) is 2. The minimum atomic E-state index is -0.328. The molecule has 0 saturated carbocycles. The third-order valence-corrected chi connectivity index (χ3v) is 5.08. The number of aryl methyl sites for hydroxylation is 2. The molecule has 0 bridgehead atoms. The third-order valence-electron chi connectivity index (χ3n) is 5.08. The van der Waals surface area contributed by atoms with Gasteiger partial charge < -0.3 is 14.5 Å². The van der Waals surface area contributed by atoms with E-state index >= 15 is 0 Å². The van der Waals surface area contributed by atoms with E-state index in [9.17, 15) is 0 Å². The zero-order valence-corrected chi connectivity index (χ0v) is 13.6. The molecule has 0 aromatic carbocycles. The van der Waals surface area contributed by atoms with E-state index in [0.717, 1.165) is 50.5 Å². The molecule has 0 unspecified atom stereocenters. The lowest BCUT2D eigenvalue weighted by molar-refractivity contribution is -0.171. The highest BCUT2D eigenvalue weighted by atomic mass is 16.7. The summed E-state index contributed by atoms with van der Waals surface area (Å²) in [5.74, 6) is -0.328. The van der Waals surface area contributed by atoms with E-state index in [1.54, 1.807) is 0 Å². The summed E-state index contributed by atoms with van der Waals surface area (Å²) in [6.07, 6.45) is 1.83. The Balaban J connectivity index is 1.70. The van der Waals surface area contributed by atoms with Gasteiger partial charge in [-0.2, -0.15) is 0 Å². The van der Waals surface area contributed by atoms with Crippen LogP contribution in [0.1, 0.15) is 29.8 Å². The van der Waals surface area contributed by atoms with Crippen LogP contribution < -0.4 is 5.01 Å². The van der Waals surface area contributed by atoms with Crippen LogP contribution in [0.15, 0.2) is 12.1 Å². The van der Waals surface area contributed by atoms with Crippen molar-refractivity contribution in [1.29, 1.82) is 0 Å². The van der Waals surface area contributed by atoms with Crippen LogP contribution in [0.2, 0.25) is 0 Å². The Labute approximate surface area is 130 Å². The van der Waals surface area contributed by atoms with E-state index in [1.807, 2.05) is 6.92 Å². The number of piperidine rings is 1. The molecular weight excluding hydrogens is 278 g/mol. The molecule has 0 atom stereocenters. The Morgan fingerprint density at radius 1 is 1.05 bits per heavy atom. The minimum absolute atomic E-state index is 0.328. The van der Waals surface area contributed by atoms with Crippen LogP contribution >= 0.6 is 0 Å². The summed E-state index contributed by atoms with van der Waals surface area (Å²) in [5.41, 5.74) is 4.72. The Morgan fingerprint density at radius 2 is 1.73 bits per heavy atom. The van der Waals surface area contributed by atoms with Crippen molar-refractivity contribution in [3.8, 4) is 0 Å². The summed E-state index contributed by atoms with van der Waals surface area (Å²) in [6.45, 7) is 9.72. The molecule has 2 fully saturated rings.